The Bertz CT molecular complexity index is 1040. The van der Waals surface area contributed by atoms with Crippen molar-refractivity contribution >= 4 is 29.1 Å². The smallest absolute Gasteiger partial charge is 0.221 e. The highest BCUT2D eigenvalue weighted by Gasteiger charge is 2.16. The second-order valence-electron chi connectivity index (χ2n) is 6.63. The molecule has 0 aliphatic heterocycles. The third-order valence-electron chi connectivity index (χ3n) is 4.25. The molecule has 6 nitrogen and oxygen atoms in total. The zero-order valence-electron chi connectivity index (χ0n) is 16.3. The Morgan fingerprint density at radius 2 is 1.86 bits per heavy atom. The fraction of sp³-hybridized carbons (Fsp3) is 0.238. The van der Waals surface area contributed by atoms with Gasteiger partial charge in [-0.3, -0.25) is 14.2 Å². The Morgan fingerprint density at radius 3 is 2.61 bits per heavy atom. The van der Waals surface area contributed by atoms with Crippen LogP contribution in [0.15, 0.2) is 47.6 Å². The molecule has 3 aromatic rings. The molecule has 0 bridgehead atoms. The topological polar surface area (TPSA) is 76.9 Å². The van der Waals surface area contributed by atoms with Crippen LogP contribution in [-0.2, 0) is 4.79 Å². The predicted octanol–water partition coefficient (Wildman–Crippen LogP) is 4.13. The maximum absolute atomic E-state index is 12.7. The van der Waals surface area contributed by atoms with E-state index in [4.69, 9.17) is 0 Å². The van der Waals surface area contributed by atoms with Gasteiger partial charge in [-0.1, -0.05) is 35.5 Å². The first-order valence-electron chi connectivity index (χ1n) is 8.88. The van der Waals surface area contributed by atoms with Crippen molar-refractivity contribution in [2.75, 3.05) is 11.1 Å². The third-order valence-corrected chi connectivity index (χ3v) is 5.17. The number of aryl methyl sites for hydroxylation is 3. The number of aromatic nitrogens is 3. The summed E-state index contributed by atoms with van der Waals surface area (Å²) in [7, 11) is 0. The zero-order chi connectivity index (χ0) is 20.3. The molecule has 1 heterocycles. The van der Waals surface area contributed by atoms with Gasteiger partial charge in [0.05, 0.1) is 11.4 Å². The summed E-state index contributed by atoms with van der Waals surface area (Å²) in [6, 6.07) is 13.3. The number of hydrogen-bond donors (Lipinski definition) is 1. The van der Waals surface area contributed by atoms with E-state index in [2.05, 4.69) is 15.5 Å². The van der Waals surface area contributed by atoms with Crippen LogP contribution >= 0.6 is 11.8 Å². The van der Waals surface area contributed by atoms with Gasteiger partial charge in [-0.2, -0.15) is 0 Å². The van der Waals surface area contributed by atoms with E-state index in [9.17, 15) is 9.59 Å². The van der Waals surface area contributed by atoms with Crippen LogP contribution in [0.2, 0.25) is 0 Å². The van der Waals surface area contributed by atoms with E-state index in [1.165, 1.54) is 18.7 Å². The van der Waals surface area contributed by atoms with Gasteiger partial charge in [-0.15, -0.1) is 10.2 Å². The molecular formula is C21H22N4O2S. The minimum absolute atomic E-state index is 0.0606. The maximum Gasteiger partial charge on any atom is 0.221 e. The van der Waals surface area contributed by atoms with Gasteiger partial charge in [-0.25, -0.2) is 0 Å². The lowest BCUT2D eigenvalue weighted by Gasteiger charge is -2.11. The van der Waals surface area contributed by atoms with Crippen LogP contribution in [0.25, 0.3) is 5.69 Å². The molecule has 0 aliphatic carbocycles. The number of hydrogen-bond acceptors (Lipinski definition) is 5. The number of ketones is 1. The average molecular weight is 395 g/mol. The predicted molar refractivity (Wildman–Crippen MR) is 111 cm³/mol. The number of anilines is 1. The molecule has 28 heavy (non-hydrogen) atoms. The maximum atomic E-state index is 12.7. The minimum Gasteiger partial charge on any atom is -0.326 e. The molecule has 1 N–H and O–H groups in total. The van der Waals surface area contributed by atoms with E-state index in [-0.39, 0.29) is 17.4 Å². The molecule has 7 heteroatoms. The number of amides is 1. The summed E-state index contributed by atoms with van der Waals surface area (Å²) >= 11 is 1.35. The van der Waals surface area contributed by atoms with Crippen LogP contribution in [0.1, 0.15) is 34.2 Å². The van der Waals surface area contributed by atoms with Gasteiger partial charge in [-0.05, 0) is 50.6 Å². The van der Waals surface area contributed by atoms with Crippen LogP contribution in [0, 0.1) is 20.8 Å². The van der Waals surface area contributed by atoms with Crippen LogP contribution in [0.4, 0.5) is 5.69 Å². The number of Topliss-reactive ketones (excluding diaryl/α,β-unsaturated/α-hetero) is 1. The highest BCUT2D eigenvalue weighted by atomic mass is 32.2. The number of benzene rings is 2. The van der Waals surface area contributed by atoms with Crippen molar-refractivity contribution in [3.63, 3.8) is 0 Å². The van der Waals surface area contributed by atoms with E-state index in [0.29, 0.717) is 16.7 Å². The number of nitrogens with zero attached hydrogens (tertiary/aromatic N) is 3. The third kappa shape index (κ3) is 4.48. The number of nitrogens with one attached hydrogen (secondary N) is 1. The SMILES string of the molecule is CC(=O)Nc1cccc(-n2c(C)nnc2SCC(=O)c2cc(C)ccc2C)c1. The molecule has 0 unspecified atom stereocenters. The molecule has 1 aromatic heterocycles. The summed E-state index contributed by atoms with van der Waals surface area (Å²) in [6.45, 7) is 7.24. The van der Waals surface area contributed by atoms with E-state index in [0.717, 1.165) is 22.4 Å². The molecule has 3 rings (SSSR count). The number of carbonyl (C=O) groups is 2. The van der Waals surface area contributed by atoms with Crippen molar-refractivity contribution in [2.45, 2.75) is 32.9 Å². The van der Waals surface area contributed by atoms with Crippen molar-refractivity contribution in [3.8, 4) is 5.69 Å². The summed E-state index contributed by atoms with van der Waals surface area (Å²) in [6.07, 6.45) is 0. The first-order valence-corrected chi connectivity index (χ1v) is 9.87. The first-order chi connectivity index (χ1) is 13.3. The molecule has 0 aliphatic rings. The van der Waals surface area contributed by atoms with E-state index < -0.39 is 0 Å². The molecule has 0 fully saturated rings. The van der Waals surface area contributed by atoms with Crippen molar-refractivity contribution in [2.24, 2.45) is 0 Å². The Labute approximate surface area is 168 Å². The van der Waals surface area contributed by atoms with E-state index >= 15 is 0 Å². The van der Waals surface area contributed by atoms with Gasteiger partial charge in [0.1, 0.15) is 5.82 Å². The minimum atomic E-state index is -0.133. The normalized spacial score (nSPS) is 10.7. The highest BCUT2D eigenvalue weighted by molar-refractivity contribution is 7.99. The van der Waals surface area contributed by atoms with Crippen LogP contribution < -0.4 is 5.32 Å². The number of carbonyl (C=O) groups excluding carboxylic acids is 2. The molecule has 1 amide bonds. The van der Waals surface area contributed by atoms with Gasteiger partial charge < -0.3 is 5.32 Å². The van der Waals surface area contributed by atoms with E-state index in [1.54, 1.807) is 0 Å². The lowest BCUT2D eigenvalue weighted by molar-refractivity contribution is -0.114. The summed E-state index contributed by atoms with van der Waals surface area (Å²) in [4.78, 5) is 24.0. The largest absolute Gasteiger partial charge is 0.326 e. The Balaban J connectivity index is 1.83. The molecule has 0 radical (unpaired) electrons. The molecule has 0 atom stereocenters. The quantitative estimate of drug-likeness (QED) is 0.503. The van der Waals surface area contributed by atoms with Crippen LogP contribution in [0.5, 0.6) is 0 Å². The van der Waals surface area contributed by atoms with Crippen molar-refractivity contribution < 1.29 is 9.59 Å². The van der Waals surface area contributed by atoms with Gasteiger partial charge >= 0.3 is 0 Å². The molecule has 0 saturated carbocycles. The van der Waals surface area contributed by atoms with Gasteiger partial charge in [0.25, 0.3) is 0 Å². The lowest BCUT2D eigenvalue weighted by Crippen LogP contribution is -2.08. The summed E-state index contributed by atoms with van der Waals surface area (Å²) in [5, 5.41) is 11.8. The lowest BCUT2D eigenvalue weighted by atomic mass is 10.0. The van der Waals surface area contributed by atoms with Crippen molar-refractivity contribution in [1.82, 2.24) is 14.8 Å². The number of thioether (sulfide) groups is 1. The number of rotatable bonds is 6. The fourth-order valence-corrected chi connectivity index (χ4v) is 3.78. The van der Waals surface area contributed by atoms with Crippen molar-refractivity contribution in [1.29, 1.82) is 0 Å². The Morgan fingerprint density at radius 1 is 1.07 bits per heavy atom. The summed E-state index contributed by atoms with van der Waals surface area (Å²) < 4.78 is 1.88. The van der Waals surface area contributed by atoms with Gasteiger partial charge in [0.2, 0.25) is 5.91 Å². The zero-order valence-corrected chi connectivity index (χ0v) is 17.1. The van der Waals surface area contributed by atoms with Gasteiger partial charge in [0, 0.05) is 18.2 Å². The van der Waals surface area contributed by atoms with Crippen LogP contribution in [-0.4, -0.2) is 32.2 Å². The van der Waals surface area contributed by atoms with Gasteiger partial charge in [0.15, 0.2) is 10.9 Å². The molecular weight excluding hydrogens is 372 g/mol. The van der Waals surface area contributed by atoms with E-state index in [1.807, 2.05) is 67.8 Å². The second kappa shape index (κ2) is 8.39. The Kier molecular flexibility index (Phi) is 5.94. The first kappa shape index (κ1) is 19.8. The highest BCUT2D eigenvalue weighted by Crippen LogP contribution is 2.25. The molecule has 0 saturated heterocycles. The average Bonchev–Trinajstić information content (AvgIpc) is 3.02. The molecule has 144 valence electrons. The molecule has 0 spiro atoms. The second-order valence-corrected chi connectivity index (χ2v) is 7.57. The standard InChI is InChI=1S/C21H22N4O2S/c1-13-8-9-14(2)19(10-13)20(27)12-28-21-24-23-15(3)25(21)18-7-5-6-17(11-18)22-16(4)26/h5-11H,12H2,1-4H3,(H,22,26). The van der Waals surface area contributed by atoms with Crippen molar-refractivity contribution in [3.05, 3.63) is 65.0 Å². The molecule has 2 aromatic carbocycles. The van der Waals surface area contributed by atoms with Crippen LogP contribution in [0.3, 0.4) is 0 Å². The fourth-order valence-electron chi connectivity index (χ4n) is 2.90. The monoisotopic (exact) mass is 394 g/mol. The summed E-state index contributed by atoms with van der Waals surface area (Å²) in [5.41, 5.74) is 4.29. The summed E-state index contributed by atoms with van der Waals surface area (Å²) in [5.74, 6) is 0.909. The Hall–Kier alpha value is -2.93.